The lowest BCUT2D eigenvalue weighted by Gasteiger charge is -2.09. The van der Waals surface area contributed by atoms with Crippen molar-refractivity contribution in [1.82, 2.24) is 8.75 Å². The van der Waals surface area contributed by atoms with Crippen LogP contribution in [0.15, 0.2) is 6.20 Å². The maximum Gasteiger partial charge on any atom is 0.1000 e. The average Bonchev–Trinajstić information content (AvgIpc) is 2.71. The van der Waals surface area contributed by atoms with Crippen LogP contribution in [-0.4, -0.2) is 20.9 Å². The summed E-state index contributed by atoms with van der Waals surface area (Å²) in [6, 6.07) is 0.332. The predicted octanol–water partition coefficient (Wildman–Crippen LogP) is 0.935. The van der Waals surface area contributed by atoms with Gasteiger partial charge in [0.25, 0.3) is 0 Å². The van der Waals surface area contributed by atoms with Crippen LogP contribution in [0.25, 0.3) is 0 Å². The molecule has 2 rings (SSSR count). The van der Waals surface area contributed by atoms with E-state index in [-0.39, 0.29) is 0 Å². The third-order valence-electron chi connectivity index (χ3n) is 2.30. The van der Waals surface area contributed by atoms with E-state index in [9.17, 15) is 0 Å². The van der Waals surface area contributed by atoms with Crippen molar-refractivity contribution in [3.05, 3.63) is 11.9 Å². The van der Waals surface area contributed by atoms with Crippen molar-refractivity contribution in [2.45, 2.75) is 38.0 Å². The van der Waals surface area contributed by atoms with Gasteiger partial charge in [0.1, 0.15) is 0 Å². The van der Waals surface area contributed by atoms with Gasteiger partial charge in [0.2, 0.25) is 0 Å². The molecule has 1 aromatic heterocycles. The summed E-state index contributed by atoms with van der Waals surface area (Å²) >= 11 is 1.22. The van der Waals surface area contributed by atoms with E-state index in [4.69, 9.17) is 10.5 Å². The molecule has 1 aromatic rings. The molecule has 2 atom stereocenters. The summed E-state index contributed by atoms with van der Waals surface area (Å²) in [7, 11) is 0. The summed E-state index contributed by atoms with van der Waals surface area (Å²) in [4.78, 5) is 0. The van der Waals surface area contributed by atoms with E-state index in [1.54, 1.807) is 6.20 Å². The molecule has 2 unspecified atom stereocenters. The van der Waals surface area contributed by atoms with Crippen LogP contribution < -0.4 is 5.73 Å². The fourth-order valence-corrected chi connectivity index (χ4v) is 2.00. The summed E-state index contributed by atoms with van der Waals surface area (Å²) in [6.07, 6.45) is 5.23. The lowest BCUT2D eigenvalue weighted by molar-refractivity contribution is 0.0433. The molecule has 0 saturated heterocycles. The van der Waals surface area contributed by atoms with E-state index in [1.807, 2.05) is 0 Å². The molecule has 1 fully saturated rings. The number of aromatic nitrogens is 2. The standard InChI is InChI=1S/C8H13N3OS/c9-6-1-2-8(3-6)12-5-7-4-10-13-11-7/h4,6,8H,1-3,5,9H2. The number of ether oxygens (including phenoxy) is 1. The van der Waals surface area contributed by atoms with Gasteiger partial charge in [-0.15, -0.1) is 0 Å². The van der Waals surface area contributed by atoms with E-state index < -0.39 is 0 Å². The Balaban J connectivity index is 1.74. The van der Waals surface area contributed by atoms with Crippen LogP contribution in [0.4, 0.5) is 0 Å². The molecule has 0 radical (unpaired) electrons. The Kier molecular flexibility index (Phi) is 2.87. The maximum atomic E-state index is 5.77. The van der Waals surface area contributed by atoms with E-state index in [1.165, 1.54) is 11.7 Å². The highest BCUT2D eigenvalue weighted by Crippen LogP contribution is 2.21. The highest BCUT2D eigenvalue weighted by molar-refractivity contribution is 6.99. The van der Waals surface area contributed by atoms with Crippen LogP contribution in [0.5, 0.6) is 0 Å². The molecule has 72 valence electrons. The SMILES string of the molecule is NC1CCC(OCc2cnsn2)C1. The van der Waals surface area contributed by atoms with Crippen LogP contribution in [0.1, 0.15) is 25.0 Å². The molecule has 1 aliphatic carbocycles. The Bertz CT molecular complexity index is 252. The number of rotatable bonds is 3. The van der Waals surface area contributed by atoms with Gasteiger partial charge in [0, 0.05) is 6.04 Å². The van der Waals surface area contributed by atoms with Gasteiger partial charge in [0.15, 0.2) is 0 Å². The molecule has 0 aliphatic heterocycles. The smallest absolute Gasteiger partial charge is 0.1000 e. The zero-order valence-electron chi connectivity index (χ0n) is 7.35. The molecule has 0 amide bonds. The third-order valence-corrected chi connectivity index (χ3v) is 2.81. The maximum absolute atomic E-state index is 5.77. The van der Waals surface area contributed by atoms with Gasteiger partial charge in [-0.05, 0) is 19.3 Å². The van der Waals surface area contributed by atoms with Crippen molar-refractivity contribution >= 4 is 11.7 Å². The highest BCUT2D eigenvalue weighted by atomic mass is 32.1. The van der Waals surface area contributed by atoms with Gasteiger partial charge in [-0.3, -0.25) is 0 Å². The van der Waals surface area contributed by atoms with Gasteiger partial charge >= 0.3 is 0 Å². The fourth-order valence-electron chi connectivity index (χ4n) is 1.58. The largest absolute Gasteiger partial charge is 0.372 e. The Morgan fingerprint density at radius 2 is 2.54 bits per heavy atom. The molecule has 0 spiro atoms. The van der Waals surface area contributed by atoms with Crippen LogP contribution in [-0.2, 0) is 11.3 Å². The summed E-state index contributed by atoms with van der Waals surface area (Å²) in [5.74, 6) is 0. The molecule has 1 heterocycles. The zero-order valence-corrected chi connectivity index (χ0v) is 8.17. The normalized spacial score (nSPS) is 28.1. The molecule has 1 aliphatic rings. The molecule has 5 heteroatoms. The second-order valence-corrected chi connectivity index (χ2v) is 3.96. The molecule has 13 heavy (non-hydrogen) atoms. The van der Waals surface area contributed by atoms with Gasteiger partial charge in [-0.25, -0.2) is 0 Å². The van der Waals surface area contributed by atoms with Gasteiger partial charge in [-0.1, -0.05) is 0 Å². The minimum absolute atomic E-state index is 0.330. The lowest BCUT2D eigenvalue weighted by atomic mass is 10.3. The topological polar surface area (TPSA) is 61.0 Å². The first-order chi connectivity index (χ1) is 6.34. The second kappa shape index (κ2) is 4.13. The van der Waals surface area contributed by atoms with Crippen molar-refractivity contribution in [3.8, 4) is 0 Å². The molecule has 0 bridgehead atoms. The number of nitrogens with two attached hydrogens (primary N) is 1. The summed E-state index contributed by atoms with van der Waals surface area (Å²) in [5, 5.41) is 0. The quantitative estimate of drug-likeness (QED) is 0.786. The summed E-state index contributed by atoms with van der Waals surface area (Å²) in [6.45, 7) is 0.577. The summed E-state index contributed by atoms with van der Waals surface area (Å²) in [5.41, 5.74) is 6.69. The molecule has 4 nitrogen and oxygen atoms in total. The third kappa shape index (κ3) is 2.46. The fraction of sp³-hybridized carbons (Fsp3) is 0.750. The Hall–Kier alpha value is -0.520. The number of hydrogen-bond donors (Lipinski definition) is 1. The first-order valence-corrected chi connectivity index (χ1v) is 5.21. The predicted molar refractivity (Wildman–Crippen MR) is 50.3 cm³/mol. The van der Waals surface area contributed by atoms with Gasteiger partial charge < -0.3 is 10.5 Å². The first-order valence-electron chi connectivity index (χ1n) is 4.48. The van der Waals surface area contributed by atoms with Gasteiger partial charge in [0.05, 0.1) is 36.3 Å². The Labute approximate surface area is 81.4 Å². The monoisotopic (exact) mass is 199 g/mol. The Morgan fingerprint density at radius 3 is 3.15 bits per heavy atom. The minimum atomic E-state index is 0.330. The molecule has 0 aromatic carbocycles. The van der Waals surface area contributed by atoms with E-state index in [0.717, 1.165) is 25.0 Å². The van der Waals surface area contributed by atoms with Crippen LogP contribution >= 0.6 is 11.7 Å². The van der Waals surface area contributed by atoms with Crippen LogP contribution in [0.3, 0.4) is 0 Å². The van der Waals surface area contributed by atoms with Crippen LogP contribution in [0, 0.1) is 0 Å². The molecule has 2 N–H and O–H groups in total. The molecule has 1 saturated carbocycles. The van der Waals surface area contributed by atoms with Crippen molar-refractivity contribution in [2.75, 3.05) is 0 Å². The van der Waals surface area contributed by atoms with E-state index in [2.05, 4.69) is 8.75 Å². The first kappa shape index (κ1) is 9.05. The number of hydrogen-bond acceptors (Lipinski definition) is 5. The summed E-state index contributed by atoms with van der Waals surface area (Å²) < 4.78 is 13.6. The van der Waals surface area contributed by atoms with Crippen molar-refractivity contribution in [1.29, 1.82) is 0 Å². The molecular weight excluding hydrogens is 186 g/mol. The van der Waals surface area contributed by atoms with Gasteiger partial charge in [-0.2, -0.15) is 8.75 Å². The Morgan fingerprint density at radius 1 is 1.62 bits per heavy atom. The lowest BCUT2D eigenvalue weighted by Crippen LogP contribution is -2.17. The van der Waals surface area contributed by atoms with E-state index >= 15 is 0 Å². The minimum Gasteiger partial charge on any atom is -0.372 e. The number of nitrogens with zero attached hydrogens (tertiary/aromatic N) is 2. The zero-order chi connectivity index (χ0) is 9.10. The molecular formula is C8H13N3OS. The van der Waals surface area contributed by atoms with E-state index in [0.29, 0.717) is 18.8 Å². The van der Waals surface area contributed by atoms with Crippen LogP contribution in [0.2, 0.25) is 0 Å². The van der Waals surface area contributed by atoms with Crippen molar-refractivity contribution in [3.63, 3.8) is 0 Å². The van der Waals surface area contributed by atoms with Crippen molar-refractivity contribution < 1.29 is 4.74 Å². The average molecular weight is 199 g/mol. The van der Waals surface area contributed by atoms with Crippen molar-refractivity contribution in [2.24, 2.45) is 5.73 Å². The second-order valence-electron chi connectivity index (χ2n) is 3.40. The highest BCUT2D eigenvalue weighted by Gasteiger charge is 2.22.